The van der Waals surface area contributed by atoms with E-state index in [-0.39, 0.29) is 17.9 Å². The maximum atomic E-state index is 12.0. The number of piperidine rings is 1. The molecule has 6 heteroatoms. The van der Waals surface area contributed by atoms with Crippen molar-refractivity contribution in [2.45, 2.75) is 18.9 Å². The van der Waals surface area contributed by atoms with Crippen molar-refractivity contribution in [3.63, 3.8) is 0 Å². The summed E-state index contributed by atoms with van der Waals surface area (Å²) in [5.74, 6) is -0.0719. The summed E-state index contributed by atoms with van der Waals surface area (Å²) in [5.41, 5.74) is 1.25. The molecule has 0 aromatic carbocycles. The zero-order chi connectivity index (χ0) is 13.8. The molecule has 1 saturated heterocycles. The summed E-state index contributed by atoms with van der Waals surface area (Å²) in [5, 5.41) is 5.85. The lowest BCUT2D eigenvalue weighted by atomic mass is 10.1. The molecule has 2 N–H and O–H groups in total. The number of likely N-dealkylation sites (N-methyl/N-ethyl adjacent to an activating group) is 1. The molecule has 0 bridgehead atoms. The smallest absolute Gasteiger partial charge is 0.270 e. The molecule has 1 unspecified atom stereocenters. The molecule has 0 saturated carbocycles. The van der Waals surface area contributed by atoms with E-state index in [1.165, 1.54) is 0 Å². The van der Waals surface area contributed by atoms with Crippen molar-refractivity contribution in [3.05, 3.63) is 24.0 Å². The van der Waals surface area contributed by atoms with Gasteiger partial charge in [-0.1, -0.05) is 0 Å². The Balaban J connectivity index is 1.95. The Morgan fingerprint density at radius 2 is 2.26 bits per heavy atom. The lowest BCUT2D eigenvalue weighted by Gasteiger charge is -2.30. The molecule has 0 radical (unpaired) electrons. The molecule has 102 valence electrons. The number of rotatable bonds is 3. The monoisotopic (exact) mass is 262 g/mol. The maximum absolute atomic E-state index is 12.0. The number of hydrogen-bond acceptors (Lipinski definition) is 4. The van der Waals surface area contributed by atoms with E-state index in [2.05, 4.69) is 15.6 Å². The van der Waals surface area contributed by atoms with Crippen molar-refractivity contribution in [1.82, 2.24) is 15.2 Å². The Morgan fingerprint density at radius 1 is 1.47 bits per heavy atom. The van der Waals surface area contributed by atoms with E-state index >= 15 is 0 Å². The van der Waals surface area contributed by atoms with Crippen LogP contribution < -0.4 is 10.6 Å². The molecule has 2 amide bonds. The molecule has 6 nitrogen and oxygen atoms in total. The largest absolute Gasteiger partial charge is 0.387 e. The average Bonchev–Trinajstić information content (AvgIpc) is 2.43. The first-order valence-corrected chi connectivity index (χ1v) is 6.29. The highest BCUT2D eigenvalue weighted by atomic mass is 16.2. The van der Waals surface area contributed by atoms with Gasteiger partial charge in [-0.3, -0.25) is 9.59 Å². The second-order valence-electron chi connectivity index (χ2n) is 4.67. The highest BCUT2D eigenvalue weighted by Crippen LogP contribution is 2.11. The van der Waals surface area contributed by atoms with Gasteiger partial charge in [-0.05, 0) is 18.6 Å². The number of amides is 2. The molecule has 2 heterocycles. The number of pyridine rings is 1. The normalized spacial score (nSPS) is 19.2. The number of anilines is 1. The number of carbonyl (C=O) groups is 2. The van der Waals surface area contributed by atoms with Gasteiger partial charge in [0, 0.05) is 33.1 Å². The van der Waals surface area contributed by atoms with Crippen LogP contribution in [0.25, 0.3) is 0 Å². The SMILES string of the molecule is CNc1ccc(C(=O)NC2CCC(=O)N(C)C2)nc1. The third-order valence-electron chi connectivity index (χ3n) is 3.25. The van der Waals surface area contributed by atoms with Gasteiger partial charge in [-0.25, -0.2) is 4.98 Å². The quantitative estimate of drug-likeness (QED) is 0.830. The van der Waals surface area contributed by atoms with Gasteiger partial charge >= 0.3 is 0 Å². The van der Waals surface area contributed by atoms with Crippen molar-refractivity contribution in [3.8, 4) is 0 Å². The van der Waals surface area contributed by atoms with Crippen LogP contribution in [0.1, 0.15) is 23.3 Å². The van der Waals surface area contributed by atoms with E-state index in [4.69, 9.17) is 0 Å². The molecule has 2 rings (SSSR count). The molecular weight excluding hydrogens is 244 g/mol. The Bertz CT molecular complexity index is 472. The predicted octanol–water partition coefficient (Wildman–Crippen LogP) is 0.474. The first-order valence-electron chi connectivity index (χ1n) is 6.29. The number of aromatic nitrogens is 1. The van der Waals surface area contributed by atoms with E-state index in [0.29, 0.717) is 25.1 Å². The predicted molar refractivity (Wildman–Crippen MR) is 71.9 cm³/mol. The van der Waals surface area contributed by atoms with Crippen molar-refractivity contribution < 1.29 is 9.59 Å². The van der Waals surface area contributed by atoms with Gasteiger partial charge in [-0.15, -0.1) is 0 Å². The second kappa shape index (κ2) is 5.69. The fourth-order valence-corrected chi connectivity index (χ4v) is 2.07. The Kier molecular flexibility index (Phi) is 3.99. The van der Waals surface area contributed by atoms with Crippen molar-refractivity contribution in [2.24, 2.45) is 0 Å². The standard InChI is InChI=1S/C13H18N4O2/c1-14-9-3-5-11(15-7-9)13(19)16-10-4-6-12(18)17(2)8-10/h3,5,7,10,14H,4,6,8H2,1-2H3,(H,16,19). The van der Waals surface area contributed by atoms with Crippen LogP contribution in [0, 0.1) is 0 Å². The lowest BCUT2D eigenvalue weighted by molar-refractivity contribution is -0.132. The molecule has 19 heavy (non-hydrogen) atoms. The van der Waals surface area contributed by atoms with Crippen molar-refractivity contribution >= 4 is 17.5 Å². The van der Waals surface area contributed by atoms with Crippen LogP contribution in [-0.4, -0.2) is 48.4 Å². The van der Waals surface area contributed by atoms with Gasteiger partial charge in [0.1, 0.15) is 5.69 Å². The number of likely N-dealkylation sites (tertiary alicyclic amines) is 1. The van der Waals surface area contributed by atoms with E-state index in [1.54, 1.807) is 37.3 Å². The number of hydrogen-bond donors (Lipinski definition) is 2. The molecule has 0 aliphatic carbocycles. The summed E-state index contributed by atoms with van der Waals surface area (Å²) < 4.78 is 0. The first-order chi connectivity index (χ1) is 9.10. The minimum atomic E-state index is -0.199. The van der Waals surface area contributed by atoms with E-state index < -0.39 is 0 Å². The third kappa shape index (κ3) is 3.21. The Labute approximate surface area is 112 Å². The van der Waals surface area contributed by atoms with Gasteiger partial charge in [0.2, 0.25) is 5.91 Å². The zero-order valence-electron chi connectivity index (χ0n) is 11.1. The molecule has 1 aliphatic heterocycles. The van der Waals surface area contributed by atoms with Gasteiger partial charge in [0.05, 0.1) is 11.9 Å². The fourth-order valence-electron chi connectivity index (χ4n) is 2.07. The third-order valence-corrected chi connectivity index (χ3v) is 3.25. The summed E-state index contributed by atoms with van der Waals surface area (Å²) in [4.78, 5) is 29.1. The minimum Gasteiger partial charge on any atom is -0.387 e. The molecule has 1 aromatic rings. The highest BCUT2D eigenvalue weighted by Gasteiger charge is 2.24. The lowest BCUT2D eigenvalue weighted by Crippen LogP contribution is -2.48. The molecule has 1 aromatic heterocycles. The minimum absolute atomic E-state index is 0.000904. The van der Waals surface area contributed by atoms with E-state index in [9.17, 15) is 9.59 Å². The van der Waals surface area contributed by atoms with Crippen molar-refractivity contribution in [2.75, 3.05) is 26.0 Å². The van der Waals surface area contributed by atoms with Crippen LogP contribution in [0.3, 0.4) is 0 Å². The second-order valence-corrected chi connectivity index (χ2v) is 4.67. The summed E-state index contributed by atoms with van der Waals surface area (Å²) in [7, 11) is 3.55. The Morgan fingerprint density at radius 3 is 2.84 bits per heavy atom. The maximum Gasteiger partial charge on any atom is 0.270 e. The van der Waals surface area contributed by atoms with Gasteiger partial charge in [0.15, 0.2) is 0 Å². The first kappa shape index (κ1) is 13.3. The summed E-state index contributed by atoms with van der Waals surface area (Å²) in [6.45, 7) is 0.555. The number of carbonyl (C=O) groups excluding carboxylic acids is 2. The summed E-state index contributed by atoms with van der Waals surface area (Å²) in [6.07, 6.45) is 2.78. The topological polar surface area (TPSA) is 74.3 Å². The van der Waals surface area contributed by atoms with Crippen LogP contribution >= 0.6 is 0 Å². The molecule has 1 aliphatic rings. The summed E-state index contributed by atoms with van der Waals surface area (Å²) in [6, 6.07) is 3.48. The number of nitrogens with one attached hydrogen (secondary N) is 2. The molecule has 0 spiro atoms. The summed E-state index contributed by atoms with van der Waals surface area (Å²) >= 11 is 0. The van der Waals surface area contributed by atoms with Crippen LogP contribution in [-0.2, 0) is 4.79 Å². The molecule has 1 atom stereocenters. The van der Waals surface area contributed by atoms with Crippen LogP contribution in [0.4, 0.5) is 5.69 Å². The van der Waals surface area contributed by atoms with Crippen LogP contribution in [0.15, 0.2) is 18.3 Å². The average molecular weight is 262 g/mol. The Hall–Kier alpha value is -2.11. The molecular formula is C13H18N4O2. The fraction of sp³-hybridized carbons (Fsp3) is 0.462. The van der Waals surface area contributed by atoms with Gasteiger partial charge < -0.3 is 15.5 Å². The van der Waals surface area contributed by atoms with Crippen molar-refractivity contribution in [1.29, 1.82) is 0 Å². The van der Waals surface area contributed by atoms with Gasteiger partial charge in [-0.2, -0.15) is 0 Å². The highest BCUT2D eigenvalue weighted by molar-refractivity contribution is 5.92. The molecule has 1 fully saturated rings. The van der Waals surface area contributed by atoms with E-state index in [1.807, 2.05) is 0 Å². The van der Waals surface area contributed by atoms with Crippen LogP contribution in [0.2, 0.25) is 0 Å². The number of nitrogens with zero attached hydrogens (tertiary/aromatic N) is 2. The van der Waals surface area contributed by atoms with E-state index in [0.717, 1.165) is 5.69 Å². The zero-order valence-corrected chi connectivity index (χ0v) is 11.1. The van der Waals surface area contributed by atoms with Gasteiger partial charge in [0.25, 0.3) is 5.91 Å². The van der Waals surface area contributed by atoms with Crippen LogP contribution in [0.5, 0.6) is 0 Å².